The summed E-state index contributed by atoms with van der Waals surface area (Å²) >= 11 is 1.43. The second-order valence-corrected chi connectivity index (χ2v) is 6.04. The third kappa shape index (κ3) is 8.55. The molecule has 6 heteroatoms. The molecule has 5 nitrogen and oxygen atoms in total. The third-order valence-electron chi connectivity index (χ3n) is 1.57. The van der Waals surface area contributed by atoms with Crippen LogP contribution < -0.4 is 16.4 Å². The number of hydrogen-bond donors (Lipinski definition) is 3. The lowest BCUT2D eigenvalue weighted by atomic mass is 10.1. The number of carbonyl (C=O) groups excluding carboxylic acids is 2. The molecule has 1 atom stereocenters. The molecule has 0 aliphatic rings. The number of rotatable bonds is 4. The number of nitrogens with one attached hydrogen (secondary N) is 2. The van der Waals surface area contributed by atoms with Gasteiger partial charge in [-0.05, 0) is 20.8 Å². The van der Waals surface area contributed by atoms with E-state index in [9.17, 15) is 9.59 Å². The van der Waals surface area contributed by atoms with Gasteiger partial charge in [0.25, 0.3) is 0 Å². The minimum absolute atomic E-state index is 0.219. The lowest BCUT2D eigenvalue weighted by Crippen LogP contribution is -2.48. The van der Waals surface area contributed by atoms with E-state index >= 15 is 0 Å². The highest BCUT2D eigenvalue weighted by atomic mass is 32.2. The Morgan fingerprint density at radius 3 is 2.38 bits per heavy atom. The molecule has 0 aromatic carbocycles. The molecule has 4 N–H and O–H groups in total. The fourth-order valence-electron chi connectivity index (χ4n) is 0.821. The van der Waals surface area contributed by atoms with E-state index in [0.717, 1.165) is 0 Å². The van der Waals surface area contributed by atoms with Gasteiger partial charge in [0, 0.05) is 17.3 Å². The first-order chi connectivity index (χ1) is 7.24. The van der Waals surface area contributed by atoms with E-state index in [-0.39, 0.29) is 22.4 Å². The number of urea groups is 1. The highest BCUT2D eigenvalue weighted by Gasteiger charge is 2.15. The average molecular weight is 247 g/mol. The molecular formula is C10H21N3O2S. The lowest BCUT2D eigenvalue weighted by Gasteiger charge is -2.20. The second-order valence-electron chi connectivity index (χ2n) is 4.61. The van der Waals surface area contributed by atoms with Crippen LogP contribution in [0, 0.1) is 0 Å². The Bertz CT molecular complexity index is 251. The Labute approximate surface area is 101 Å². The normalized spacial score (nSPS) is 13.1. The predicted octanol–water partition coefficient (Wildman–Crippen LogP) is 0.691. The van der Waals surface area contributed by atoms with Gasteiger partial charge in [0.05, 0.1) is 5.75 Å². The zero-order valence-corrected chi connectivity index (χ0v) is 11.1. The molecule has 0 saturated carbocycles. The quantitative estimate of drug-likeness (QED) is 0.682. The second kappa shape index (κ2) is 6.75. The van der Waals surface area contributed by atoms with Crippen molar-refractivity contribution in [1.82, 2.24) is 10.6 Å². The summed E-state index contributed by atoms with van der Waals surface area (Å²) in [7, 11) is 0. The van der Waals surface area contributed by atoms with E-state index in [2.05, 4.69) is 10.6 Å². The number of nitrogens with two attached hydrogens (primary N) is 1. The molecule has 0 aromatic heterocycles. The summed E-state index contributed by atoms with van der Waals surface area (Å²) in [6, 6.07) is -0.460. The van der Waals surface area contributed by atoms with E-state index in [1.165, 1.54) is 11.8 Å². The van der Waals surface area contributed by atoms with Crippen molar-refractivity contribution in [3.63, 3.8) is 0 Å². The number of thioether (sulfide) groups is 1. The van der Waals surface area contributed by atoms with Gasteiger partial charge in [-0.3, -0.25) is 10.1 Å². The van der Waals surface area contributed by atoms with Crippen LogP contribution in [0.5, 0.6) is 0 Å². The first kappa shape index (κ1) is 15.2. The summed E-state index contributed by atoms with van der Waals surface area (Å²) in [5, 5.41) is 5.13. The van der Waals surface area contributed by atoms with Crippen molar-refractivity contribution in [1.29, 1.82) is 0 Å². The van der Waals surface area contributed by atoms with Crippen LogP contribution >= 0.6 is 11.8 Å². The van der Waals surface area contributed by atoms with E-state index < -0.39 is 6.03 Å². The van der Waals surface area contributed by atoms with Crippen molar-refractivity contribution >= 4 is 23.7 Å². The summed E-state index contributed by atoms with van der Waals surface area (Å²) in [4.78, 5) is 22.6. The van der Waals surface area contributed by atoms with Crippen LogP contribution in [0.3, 0.4) is 0 Å². The van der Waals surface area contributed by atoms with Crippen molar-refractivity contribution in [2.45, 2.75) is 38.5 Å². The van der Waals surface area contributed by atoms with Gasteiger partial charge < -0.3 is 11.1 Å². The van der Waals surface area contributed by atoms with E-state index in [4.69, 9.17) is 5.73 Å². The minimum Gasteiger partial charge on any atom is -0.333 e. The maximum absolute atomic E-state index is 11.3. The molecule has 0 aliphatic heterocycles. The van der Waals surface area contributed by atoms with Crippen LogP contribution in [0.15, 0.2) is 0 Å². The summed E-state index contributed by atoms with van der Waals surface area (Å²) < 4.78 is 0. The molecule has 0 spiro atoms. The third-order valence-corrected chi connectivity index (χ3v) is 2.76. The van der Waals surface area contributed by atoms with Gasteiger partial charge in [-0.25, -0.2) is 4.79 Å². The smallest absolute Gasteiger partial charge is 0.321 e. The Morgan fingerprint density at radius 1 is 1.38 bits per heavy atom. The van der Waals surface area contributed by atoms with E-state index in [1.807, 2.05) is 27.7 Å². The van der Waals surface area contributed by atoms with Crippen LogP contribution in [-0.2, 0) is 4.79 Å². The topological polar surface area (TPSA) is 84.2 Å². The van der Waals surface area contributed by atoms with Gasteiger partial charge in [-0.1, -0.05) is 6.92 Å². The number of hydrogen-bond acceptors (Lipinski definition) is 4. The van der Waals surface area contributed by atoms with Crippen molar-refractivity contribution in [3.8, 4) is 0 Å². The zero-order valence-electron chi connectivity index (χ0n) is 10.3. The maximum Gasteiger partial charge on any atom is 0.321 e. The first-order valence-electron chi connectivity index (χ1n) is 5.18. The molecule has 0 fully saturated rings. The number of carbonyl (C=O) groups is 2. The van der Waals surface area contributed by atoms with Crippen molar-refractivity contribution in [2.75, 3.05) is 12.3 Å². The summed E-state index contributed by atoms with van der Waals surface area (Å²) in [5.74, 6) is -0.0531. The zero-order chi connectivity index (χ0) is 12.8. The molecule has 0 rings (SSSR count). The largest absolute Gasteiger partial charge is 0.333 e. The molecule has 0 aromatic rings. The summed E-state index contributed by atoms with van der Waals surface area (Å²) in [6.45, 7) is 8.01. The molecule has 94 valence electrons. The minimum atomic E-state index is -0.460. The molecule has 0 heterocycles. The predicted molar refractivity (Wildman–Crippen MR) is 67.4 cm³/mol. The van der Waals surface area contributed by atoms with Crippen molar-refractivity contribution in [3.05, 3.63) is 0 Å². The van der Waals surface area contributed by atoms with E-state index in [1.54, 1.807) is 0 Å². The van der Waals surface area contributed by atoms with Gasteiger partial charge in [-0.15, -0.1) is 11.8 Å². The Morgan fingerprint density at radius 2 is 1.94 bits per heavy atom. The fourth-order valence-corrected chi connectivity index (χ4v) is 1.46. The van der Waals surface area contributed by atoms with Gasteiger partial charge in [-0.2, -0.15) is 0 Å². The Hall–Kier alpha value is -0.750. The molecule has 16 heavy (non-hydrogen) atoms. The van der Waals surface area contributed by atoms with Crippen LogP contribution in [0.1, 0.15) is 27.7 Å². The van der Waals surface area contributed by atoms with Crippen molar-refractivity contribution in [2.24, 2.45) is 5.73 Å². The summed E-state index contributed by atoms with van der Waals surface area (Å²) in [5.41, 5.74) is 5.07. The molecule has 3 amide bonds. The fraction of sp³-hybridized carbons (Fsp3) is 0.800. The van der Waals surface area contributed by atoms with Crippen LogP contribution in [0.2, 0.25) is 0 Å². The Kier molecular flexibility index (Phi) is 6.43. The maximum atomic E-state index is 11.3. The van der Waals surface area contributed by atoms with Gasteiger partial charge in [0.1, 0.15) is 0 Å². The van der Waals surface area contributed by atoms with Gasteiger partial charge in [0.15, 0.2) is 0 Å². The molecular weight excluding hydrogens is 226 g/mol. The Balaban J connectivity index is 3.84. The molecule has 1 unspecified atom stereocenters. The molecule has 0 aliphatic carbocycles. The highest BCUT2D eigenvalue weighted by molar-refractivity contribution is 8.00. The van der Waals surface area contributed by atoms with Crippen molar-refractivity contribution < 1.29 is 9.59 Å². The van der Waals surface area contributed by atoms with Crippen LogP contribution in [-0.4, -0.2) is 35.0 Å². The first-order valence-corrected chi connectivity index (χ1v) is 6.23. The van der Waals surface area contributed by atoms with Gasteiger partial charge in [0.2, 0.25) is 5.91 Å². The SMILES string of the molecule is CC(CN)SCC(=O)NC(=O)NC(C)(C)C. The lowest BCUT2D eigenvalue weighted by molar-refractivity contribution is -0.117. The highest BCUT2D eigenvalue weighted by Crippen LogP contribution is 2.07. The van der Waals surface area contributed by atoms with Gasteiger partial charge >= 0.3 is 6.03 Å². The van der Waals surface area contributed by atoms with Crippen LogP contribution in [0.4, 0.5) is 4.79 Å². The monoisotopic (exact) mass is 247 g/mol. The molecule has 0 radical (unpaired) electrons. The molecule has 0 bridgehead atoms. The summed E-state index contributed by atoms with van der Waals surface area (Å²) in [6.07, 6.45) is 0. The average Bonchev–Trinajstić information content (AvgIpc) is 2.10. The van der Waals surface area contributed by atoms with E-state index in [0.29, 0.717) is 6.54 Å². The molecule has 0 saturated heterocycles. The number of imide groups is 1. The van der Waals surface area contributed by atoms with Crippen LogP contribution in [0.25, 0.3) is 0 Å². The standard InChI is InChI=1S/C10H21N3O2S/c1-7(5-11)16-6-8(14)12-9(15)13-10(2,3)4/h7H,5-6,11H2,1-4H3,(H2,12,13,14,15). The number of amides is 3.